The number of nitrogens with two attached hydrogens (primary N) is 1. The molecular weight excluding hydrogens is 240 g/mol. The molecule has 19 heavy (non-hydrogen) atoms. The van der Waals surface area contributed by atoms with Gasteiger partial charge in [-0.3, -0.25) is 0 Å². The van der Waals surface area contributed by atoms with Crippen LogP contribution in [0.4, 0.5) is 4.79 Å². The number of fused-ring (bicyclic) bond motifs is 1. The largest absolute Gasteiger partial charge is 0.415 e. The Bertz CT molecular complexity index is 487. The minimum atomic E-state index is -0.257. The van der Waals surface area contributed by atoms with Crippen molar-refractivity contribution in [3.05, 3.63) is 29.3 Å². The second-order valence-corrected chi connectivity index (χ2v) is 5.46. The van der Waals surface area contributed by atoms with E-state index in [2.05, 4.69) is 6.07 Å². The summed E-state index contributed by atoms with van der Waals surface area (Å²) in [5.41, 5.74) is 8.36. The van der Waals surface area contributed by atoms with Gasteiger partial charge in [-0.05, 0) is 49.3 Å². The molecule has 0 saturated carbocycles. The molecule has 3 rings (SSSR count). The lowest BCUT2D eigenvalue weighted by molar-refractivity contribution is 0.161. The summed E-state index contributed by atoms with van der Waals surface area (Å²) < 4.78 is 5.58. The fraction of sp³-hybridized carbons (Fsp3) is 0.533. The fourth-order valence-corrected chi connectivity index (χ4v) is 2.95. The first-order valence-corrected chi connectivity index (χ1v) is 7.07. The molecule has 4 nitrogen and oxygen atoms in total. The maximum atomic E-state index is 12.1. The van der Waals surface area contributed by atoms with Crippen LogP contribution in [0.2, 0.25) is 0 Å². The highest BCUT2D eigenvalue weighted by molar-refractivity contribution is 5.71. The zero-order valence-electron chi connectivity index (χ0n) is 11.1. The van der Waals surface area contributed by atoms with Crippen molar-refractivity contribution in [1.29, 1.82) is 0 Å². The summed E-state index contributed by atoms with van der Waals surface area (Å²) in [6, 6.07) is 6.11. The van der Waals surface area contributed by atoms with Crippen LogP contribution in [0.15, 0.2) is 18.2 Å². The zero-order valence-corrected chi connectivity index (χ0v) is 11.1. The van der Waals surface area contributed by atoms with Gasteiger partial charge in [-0.1, -0.05) is 12.1 Å². The van der Waals surface area contributed by atoms with Gasteiger partial charge < -0.3 is 15.4 Å². The number of amides is 1. The van der Waals surface area contributed by atoms with Gasteiger partial charge >= 0.3 is 6.09 Å². The Morgan fingerprint density at radius 3 is 2.95 bits per heavy atom. The molecule has 1 unspecified atom stereocenters. The monoisotopic (exact) mass is 260 g/mol. The van der Waals surface area contributed by atoms with E-state index in [1.165, 1.54) is 24.0 Å². The standard InChI is InChI=1S/C15H20N2O2/c16-12-8-9-17(10-12)15(18)19-14-7-3-5-11-4-1-2-6-13(11)14/h3,5,7,12H,1-2,4,6,8-10,16H2. The highest BCUT2D eigenvalue weighted by Crippen LogP contribution is 2.30. The van der Waals surface area contributed by atoms with Crippen LogP contribution >= 0.6 is 0 Å². The van der Waals surface area contributed by atoms with E-state index in [1.807, 2.05) is 12.1 Å². The van der Waals surface area contributed by atoms with E-state index in [-0.39, 0.29) is 12.1 Å². The topological polar surface area (TPSA) is 55.6 Å². The first-order chi connectivity index (χ1) is 9.24. The molecule has 102 valence electrons. The van der Waals surface area contributed by atoms with Gasteiger partial charge in [0.05, 0.1) is 0 Å². The third kappa shape index (κ3) is 2.59. The molecule has 0 bridgehead atoms. The Morgan fingerprint density at radius 2 is 2.16 bits per heavy atom. The lowest BCUT2D eigenvalue weighted by atomic mass is 9.91. The van der Waals surface area contributed by atoms with Gasteiger partial charge in [0.25, 0.3) is 0 Å². The molecule has 1 aliphatic carbocycles. The number of ether oxygens (including phenoxy) is 1. The van der Waals surface area contributed by atoms with E-state index in [0.29, 0.717) is 13.1 Å². The summed E-state index contributed by atoms with van der Waals surface area (Å²) in [5, 5.41) is 0. The van der Waals surface area contributed by atoms with Gasteiger partial charge in [0.2, 0.25) is 0 Å². The number of rotatable bonds is 1. The van der Waals surface area contributed by atoms with Gasteiger partial charge in [-0.2, -0.15) is 0 Å². The number of aryl methyl sites for hydroxylation is 1. The molecule has 1 atom stereocenters. The van der Waals surface area contributed by atoms with Gasteiger partial charge in [0, 0.05) is 19.1 Å². The van der Waals surface area contributed by atoms with Crippen molar-refractivity contribution in [1.82, 2.24) is 4.90 Å². The van der Waals surface area contributed by atoms with E-state index < -0.39 is 0 Å². The van der Waals surface area contributed by atoms with Crippen LogP contribution < -0.4 is 10.5 Å². The number of carbonyl (C=O) groups excluding carboxylic acids is 1. The Hall–Kier alpha value is -1.55. The molecule has 1 saturated heterocycles. The summed E-state index contributed by atoms with van der Waals surface area (Å²) in [4.78, 5) is 13.8. The third-order valence-electron chi connectivity index (χ3n) is 4.03. The Labute approximate surface area is 113 Å². The second kappa shape index (κ2) is 5.21. The zero-order chi connectivity index (χ0) is 13.2. The molecule has 0 spiro atoms. The maximum Gasteiger partial charge on any atom is 0.415 e. The molecule has 1 heterocycles. The summed E-state index contributed by atoms with van der Waals surface area (Å²) in [5.74, 6) is 0.739. The molecule has 1 aromatic rings. The molecule has 2 N–H and O–H groups in total. The summed E-state index contributed by atoms with van der Waals surface area (Å²) >= 11 is 0. The predicted octanol–water partition coefficient (Wildman–Crippen LogP) is 2.10. The third-order valence-corrected chi connectivity index (χ3v) is 4.03. The fourth-order valence-electron chi connectivity index (χ4n) is 2.95. The van der Waals surface area contributed by atoms with Crippen molar-refractivity contribution >= 4 is 6.09 Å². The number of hydrogen-bond acceptors (Lipinski definition) is 3. The van der Waals surface area contributed by atoms with Crippen LogP contribution in [-0.2, 0) is 12.8 Å². The van der Waals surface area contributed by atoms with Crippen molar-refractivity contribution in [3.63, 3.8) is 0 Å². The van der Waals surface area contributed by atoms with Gasteiger partial charge in [-0.25, -0.2) is 4.79 Å². The van der Waals surface area contributed by atoms with Crippen LogP contribution in [0.5, 0.6) is 5.75 Å². The first kappa shape index (κ1) is 12.5. The quantitative estimate of drug-likeness (QED) is 0.841. The van der Waals surface area contributed by atoms with Crippen LogP contribution in [0, 0.1) is 0 Å². The number of likely N-dealkylation sites (tertiary alicyclic amines) is 1. The van der Waals surface area contributed by atoms with E-state index >= 15 is 0 Å². The maximum absolute atomic E-state index is 12.1. The number of nitrogens with zero attached hydrogens (tertiary/aromatic N) is 1. The Kier molecular flexibility index (Phi) is 3.42. The highest BCUT2D eigenvalue weighted by atomic mass is 16.6. The second-order valence-electron chi connectivity index (χ2n) is 5.46. The normalized spacial score (nSPS) is 22.2. The minimum Gasteiger partial charge on any atom is -0.410 e. The number of benzene rings is 1. The lowest BCUT2D eigenvalue weighted by Crippen LogP contribution is -2.34. The Morgan fingerprint density at radius 1 is 1.32 bits per heavy atom. The molecule has 1 fully saturated rings. The lowest BCUT2D eigenvalue weighted by Gasteiger charge is -2.21. The molecule has 1 aliphatic heterocycles. The molecule has 4 heteroatoms. The van der Waals surface area contributed by atoms with Gasteiger partial charge in [0.1, 0.15) is 5.75 Å². The molecule has 1 amide bonds. The summed E-state index contributed by atoms with van der Waals surface area (Å²) in [7, 11) is 0. The molecule has 0 aromatic heterocycles. The predicted molar refractivity (Wildman–Crippen MR) is 73.3 cm³/mol. The molecule has 0 radical (unpaired) electrons. The molecular formula is C15H20N2O2. The minimum absolute atomic E-state index is 0.0947. The van der Waals surface area contributed by atoms with Crippen LogP contribution in [0.25, 0.3) is 0 Å². The van der Waals surface area contributed by atoms with Gasteiger partial charge in [0.15, 0.2) is 0 Å². The van der Waals surface area contributed by atoms with Crippen molar-refractivity contribution in [2.45, 2.75) is 38.1 Å². The van der Waals surface area contributed by atoms with Crippen LogP contribution in [-0.4, -0.2) is 30.1 Å². The Balaban J connectivity index is 1.74. The number of hydrogen-bond donors (Lipinski definition) is 1. The van der Waals surface area contributed by atoms with E-state index in [0.717, 1.165) is 25.0 Å². The van der Waals surface area contributed by atoms with Gasteiger partial charge in [-0.15, -0.1) is 0 Å². The average Bonchev–Trinajstić information content (AvgIpc) is 2.86. The molecule has 1 aromatic carbocycles. The van der Waals surface area contributed by atoms with Crippen LogP contribution in [0.3, 0.4) is 0 Å². The average molecular weight is 260 g/mol. The number of carbonyl (C=O) groups is 1. The molecule has 2 aliphatic rings. The summed E-state index contributed by atoms with van der Waals surface area (Å²) in [6.07, 6.45) is 5.11. The highest BCUT2D eigenvalue weighted by Gasteiger charge is 2.26. The van der Waals surface area contributed by atoms with Crippen molar-refractivity contribution in [2.24, 2.45) is 5.73 Å². The van der Waals surface area contributed by atoms with E-state index in [4.69, 9.17) is 10.5 Å². The van der Waals surface area contributed by atoms with E-state index in [1.54, 1.807) is 4.90 Å². The smallest absolute Gasteiger partial charge is 0.410 e. The van der Waals surface area contributed by atoms with E-state index in [9.17, 15) is 4.79 Å². The SMILES string of the molecule is NC1CCN(C(=O)Oc2cccc3c2CCCC3)C1. The summed E-state index contributed by atoms with van der Waals surface area (Å²) in [6.45, 7) is 1.31. The van der Waals surface area contributed by atoms with Crippen LogP contribution in [0.1, 0.15) is 30.4 Å². The van der Waals surface area contributed by atoms with Crippen molar-refractivity contribution < 1.29 is 9.53 Å². The first-order valence-electron chi connectivity index (χ1n) is 7.07. The van der Waals surface area contributed by atoms with Crippen molar-refractivity contribution in [3.8, 4) is 5.75 Å². The van der Waals surface area contributed by atoms with Crippen molar-refractivity contribution in [2.75, 3.05) is 13.1 Å².